The molecule has 3 aliphatic heterocycles. The molecule has 0 aromatic heterocycles. The van der Waals surface area contributed by atoms with Crippen molar-refractivity contribution in [1.29, 1.82) is 0 Å². The Morgan fingerprint density at radius 3 is 2.22 bits per heavy atom. The van der Waals surface area contributed by atoms with Gasteiger partial charge in [-0.05, 0) is 12.8 Å². The van der Waals surface area contributed by atoms with E-state index in [0.717, 1.165) is 0 Å². The fraction of sp³-hybridized carbons (Fsp3) is 1.00. The Morgan fingerprint density at radius 1 is 1.33 bits per heavy atom. The second-order valence-corrected chi connectivity index (χ2v) is 5.26. The van der Waals surface area contributed by atoms with Gasteiger partial charge in [0.05, 0.1) is 0 Å². The van der Waals surface area contributed by atoms with Crippen molar-refractivity contribution in [1.82, 2.24) is 10.4 Å². The van der Waals surface area contributed by atoms with Crippen molar-refractivity contribution in [2.75, 3.05) is 19.6 Å². The smallest absolute Gasteiger partial charge is 0.0386 e. The zero-order chi connectivity index (χ0) is 6.32. The van der Waals surface area contributed by atoms with E-state index in [-0.39, 0.29) is 0 Å². The topological polar surface area (TPSA) is 15.3 Å². The number of hydrogen-bond donors (Lipinski definition) is 1. The van der Waals surface area contributed by atoms with Gasteiger partial charge < -0.3 is 0 Å². The molecule has 0 aliphatic carbocycles. The molecule has 9 heavy (non-hydrogen) atoms. The van der Waals surface area contributed by atoms with E-state index in [1.807, 2.05) is 0 Å². The molecular formula is C6H11IN2. The van der Waals surface area contributed by atoms with Crippen molar-refractivity contribution in [3.05, 3.63) is 0 Å². The Balaban J connectivity index is 2.11. The summed E-state index contributed by atoms with van der Waals surface area (Å²) in [5.74, 6) is 0. The van der Waals surface area contributed by atoms with Crippen molar-refractivity contribution in [2.24, 2.45) is 0 Å². The second kappa shape index (κ2) is 2.07. The molecule has 3 heterocycles. The number of halogens is 1. The maximum Gasteiger partial charge on any atom is 0.0386 e. The molecular weight excluding hydrogens is 227 g/mol. The number of hydrazine groups is 1. The first-order valence-electron chi connectivity index (χ1n) is 3.46. The summed E-state index contributed by atoms with van der Waals surface area (Å²) in [7, 11) is 0. The monoisotopic (exact) mass is 238 g/mol. The minimum absolute atomic E-state index is 0.604. The predicted molar refractivity (Wildman–Crippen MR) is 45.6 cm³/mol. The van der Waals surface area contributed by atoms with Crippen LogP contribution >= 0.6 is 22.6 Å². The van der Waals surface area contributed by atoms with Crippen LogP contribution in [-0.4, -0.2) is 28.1 Å². The molecule has 0 amide bonds. The third-order valence-corrected chi connectivity index (χ3v) is 3.74. The molecule has 1 N–H and O–H groups in total. The van der Waals surface area contributed by atoms with Crippen LogP contribution in [0.2, 0.25) is 0 Å². The van der Waals surface area contributed by atoms with E-state index < -0.39 is 0 Å². The van der Waals surface area contributed by atoms with Gasteiger partial charge in [0.25, 0.3) is 0 Å². The summed E-state index contributed by atoms with van der Waals surface area (Å²) in [5, 5.41) is 2.33. The SMILES string of the molecule is IC12CCN(CC1)NC2. The molecule has 0 radical (unpaired) electrons. The molecule has 52 valence electrons. The zero-order valence-corrected chi connectivity index (χ0v) is 7.52. The van der Waals surface area contributed by atoms with Gasteiger partial charge in [0.2, 0.25) is 0 Å². The van der Waals surface area contributed by atoms with Crippen LogP contribution in [0.15, 0.2) is 0 Å². The lowest BCUT2D eigenvalue weighted by Gasteiger charge is -2.45. The number of nitrogens with zero attached hydrogens (tertiary/aromatic N) is 1. The van der Waals surface area contributed by atoms with Crippen LogP contribution in [0, 0.1) is 0 Å². The zero-order valence-electron chi connectivity index (χ0n) is 5.36. The third kappa shape index (κ3) is 1.10. The molecule has 3 saturated heterocycles. The van der Waals surface area contributed by atoms with Gasteiger partial charge in [0.1, 0.15) is 0 Å². The Labute approximate surface area is 69.1 Å². The minimum atomic E-state index is 0.604. The molecule has 2 bridgehead atoms. The van der Waals surface area contributed by atoms with Gasteiger partial charge in [-0.15, -0.1) is 0 Å². The molecule has 0 saturated carbocycles. The lowest BCUT2D eigenvalue weighted by Crippen LogP contribution is -2.59. The highest BCUT2D eigenvalue weighted by atomic mass is 127. The average Bonchev–Trinajstić information content (AvgIpc) is 1.90. The molecule has 0 aromatic carbocycles. The van der Waals surface area contributed by atoms with Crippen molar-refractivity contribution >= 4 is 22.6 Å². The van der Waals surface area contributed by atoms with E-state index in [4.69, 9.17) is 0 Å². The summed E-state index contributed by atoms with van der Waals surface area (Å²) in [5.41, 5.74) is 3.38. The van der Waals surface area contributed by atoms with E-state index in [0.29, 0.717) is 3.42 Å². The summed E-state index contributed by atoms with van der Waals surface area (Å²) in [6.07, 6.45) is 2.75. The van der Waals surface area contributed by atoms with Crippen molar-refractivity contribution in [3.8, 4) is 0 Å². The van der Waals surface area contributed by atoms with E-state index in [1.54, 1.807) is 0 Å². The molecule has 0 aromatic rings. The van der Waals surface area contributed by atoms with Crippen LogP contribution in [0.4, 0.5) is 0 Å². The van der Waals surface area contributed by atoms with Gasteiger partial charge in [-0.3, -0.25) is 5.43 Å². The normalized spacial score (nSPS) is 49.7. The highest BCUT2D eigenvalue weighted by molar-refractivity contribution is 14.1. The molecule has 3 rings (SSSR count). The van der Waals surface area contributed by atoms with Gasteiger partial charge in [0, 0.05) is 23.1 Å². The second-order valence-electron chi connectivity index (χ2n) is 2.97. The van der Waals surface area contributed by atoms with Gasteiger partial charge in [0.15, 0.2) is 0 Å². The standard InChI is InChI=1S/C6H11IN2/c7-6-1-3-9(4-2-6)8-5-6/h8H,1-5H2. The summed E-state index contributed by atoms with van der Waals surface area (Å²) in [4.78, 5) is 0. The quantitative estimate of drug-likeness (QED) is 0.495. The summed E-state index contributed by atoms with van der Waals surface area (Å²) < 4.78 is 0.604. The molecule has 0 unspecified atom stereocenters. The molecule has 0 spiro atoms. The maximum atomic E-state index is 3.38. The van der Waals surface area contributed by atoms with E-state index in [9.17, 15) is 0 Å². The van der Waals surface area contributed by atoms with Crippen LogP contribution in [-0.2, 0) is 0 Å². The number of nitrogens with one attached hydrogen (secondary N) is 1. The summed E-state index contributed by atoms with van der Waals surface area (Å²) >= 11 is 2.60. The molecule has 0 atom stereocenters. The molecule has 3 aliphatic rings. The molecule has 3 fully saturated rings. The van der Waals surface area contributed by atoms with Gasteiger partial charge >= 0.3 is 0 Å². The fourth-order valence-corrected chi connectivity index (χ4v) is 2.15. The summed E-state index contributed by atoms with van der Waals surface area (Å²) in [6.45, 7) is 3.69. The Hall–Kier alpha value is 0.650. The van der Waals surface area contributed by atoms with Gasteiger partial charge in [-0.2, -0.15) is 0 Å². The highest BCUT2D eigenvalue weighted by Crippen LogP contribution is 2.33. The predicted octanol–water partition coefficient (Wildman–Crippen LogP) is 0.774. The lowest BCUT2D eigenvalue weighted by molar-refractivity contribution is 0.0800. The van der Waals surface area contributed by atoms with Crippen LogP contribution in [0.1, 0.15) is 12.8 Å². The van der Waals surface area contributed by atoms with Crippen molar-refractivity contribution in [3.63, 3.8) is 0 Å². The average molecular weight is 238 g/mol. The Morgan fingerprint density at radius 2 is 2.00 bits per heavy atom. The van der Waals surface area contributed by atoms with Crippen molar-refractivity contribution in [2.45, 2.75) is 16.3 Å². The number of hydrogen-bond acceptors (Lipinski definition) is 2. The van der Waals surface area contributed by atoms with Crippen LogP contribution in [0.25, 0.3) is 0 Å². The highest BCUT2D eigenvalue weighted by Gasteiger charge is 2.36. The van der Waals surface area contributed by atoms with Crippen LogP contribution in [0.3, 0.4) is 0 Å². The number of piperidine rings is 1. The lowest BCUT2D eigenvalue weighted by atomic mass is 9.95. The Kier molecular flexibility index (Phi) is 1.46. The number of alkyl halides is 1. The third-order valence-electron chi connectivity index (χ3n) is 2.28. The molecule has 3 heteroatoms. The first kappa shape index (κ1) is 6.37. The largest absolute Gasteiger partial charge is 0.254 e. The maximum absolute atomic E-state index is 3.38. The van der Waals surface area contributed by atoms with Crippen LogP contribution in [0.5, 0.6) is 0 Å². The van der Waals surface area contributed by atoms with E-state index >= 15 is 0 Å². The van der Waals surface area contributed by atoms with E-state index in [1.165, 1.54) is 32.5 Å². The first-order valence-corrected chi connectivity index (χ1v) is 4.54. The Bertz CT molecular complexity index is 104. The number of fused-ring (bicyclic) bond motifs is 3. The minimum Gasteiger partial charge on any atom is -0.254 e. The van der Waals surface area contributed by atoms with Crippen molar-refractivity contribution < 1.29 is 0 Å². The summed E-state index contributed by atoms with van der Waals surface area (Å²) in [6, 6.07) is 0. The first-order chi connectivity index (χ1) is 4.29. The van der Waals surface area contributed by atoms with Gasteiger partial charge in [-0.1, -0.05) is 22.6 Å². The number of rotatable bonds is 0. The van der Waals surface area contributed by atoms with Gasteiger partial charge in [-0.25, -0.2) is 5.01 Å². The van der Waals surface area contributed by atoms with Crippen LogP contribution < -0.4 is 5.43 Å². The molecule has 2 nitrogen and oxygen atoms in total. The fourth-order valence-electron chi connectivity index (χ4n) is 1.50. The van der Waals surface area contributed by atoms with E-state index in [2.05, 4.69) is 33.0 Å².